The van der Waals surface area contributed by atoms with Crippen LogP contribution in [0.15, 0.2) is 0 Å². The van der Waals surface area contributed by atoms with Crippen molar-refractivity contribution in [1.29, 1.82) is 0 Å². The molecule has 0 aromatic carbocycles. The van der Waals surface area contributed by atoms with Crippen LogP contribution in [-0.2, 0) is 9.59 Å². The molecule has 0 aliphatic rings. The second-order valence-corrected chi connectivity index (χ2v) is 9.97. The van der Waals surface area contributed by atoms with E-state index >= 15 is 0 Å². The van der Waals surface area contributed by atoms with Gasteiger partial charge in [0.25, 0.3) is 0 Å². The van der Waals surface area contributed by atoms with Crippen LogP contribution in [0.25, 0.3) is 0 Å². The molecule has 82 valence electrons. The zero-order valence-electron chi connectivity index (χ0n) is 8.91. The highest BCUT2D eigenvalue weighted by Crippen LogP contribution is 2.27. The molecule has 5 heteroatoms. The van der Waals surface area contributed by atoms with E-state index in [1.807, 2.05) is 19.6 Å². The van der Waals surface area contributed by atoms with Gasteiger partial charge >= 0.3 is 11.9 Å². The minimum absolute atomic E-state index is 0.0637. The summed E-state index contributed by atoms with van der Waals surface area (Å²) in [5, 5.41) is 17.4. The molecule has 0 fully saturated rings. The third kappa shape index (κ3) is 5.01. The van der Waals surface area contributed by atoms with E-state index < -0.39 is 20.0 Å². The second-order valence-electron chi connectivity index (χ2n) is 4.54. The highest BCUT2D eigenvalue weighted by molar-refractivity contribution is 6.80. The molecule has 4 nitrogen and oxygen atoms in total. The van der Waals surface area contributed by atoms with E-state index in [-0.39, 0.29) is 12.0 Å². The summed E-state index contributed by atoms with van der Waals surface area (Å²) in [5.74, 6) is -1.64. The molecule has 14 heavy (non-hydrogen) atoms. The number of hydrogen-bond donors (Lipinski definition) is 2. The van der Waals surface area contributed by atoms with Gasteiger partial charge in [0.2, 0.25) is 0 Å². The molecule has 0 radical (unpaired) electrons. The Balaban J connectivity index is 4.13. The number of carboxylic acids is 2. The van der Waals surface area contributed by atoms with Crippen molar-refractivity contribution in [2.24, 2.45) is 0 Å². The molecule has 2 N–H and O–H groups in total. The van der Waals surface area contributed by atoms with Crippen molar-refractivity contribution >= 4 is 20.0 Å². The van der Waals surface area contributed by atoms with Crippen LogP contribution in [0.2, 0.25) is 25.2 Å². The van der Waals surface area contributed by atoms with Gasteiger partial charge in [-0.2, -0.15) is 0 Å². The standard InChI is InChI=1S/C9H18O4Si/c1-14(2,3)7(9(12)13)5-4-6-8(10)11/h7H,4-6H2,1-3H3,(H,10,11)(H,12,13). The van der Waals surface area contributed by atoms with Crippen LogP contribution in [0.5, 0.6) is 0 Å². The minimum atomic E-state index is -1.71. The molecule has 0 heterocycles. The summed E-state index contributed by atoms with van der Waals surface area (Å²) in [6.07, 6.45) is 1.00. The Bertz CT molecular complexity index is 219. The average molecular weight is 218 g/mol. The molecular weight excluding hydrogens is 200 g/mol. The summed E-state index contributed by atoms with van der Waals surface area (Å²) in [6, 6.07) is 0. The Hall–Kier alpha value is -0.843. The van der Waals surface area contributed by atoms with E-state index in [9.17, 15) is 9.59 Å². The molecule has 0 rings (SSSR count). The van der Waals surface area contributed by atoms with Crippen molar-refractivity contribution in [1.82, 2.24) is 0 Å². The number of hydrogen-bond acceptors (Lipinski definition) is 2. The maximum atomic E-state index is 10.9. The van der Waals surface area contributed by atoms with Gasteiger partial charge in [-0.25, -0.2) is 0 Å². The lowest BCUT2D eigenvalue weighted by atomic mass is 10.2. The summed E-state index contributed by atoms with van der Waals surface area (Å²) in [5.41, 5.74) is -0.332. The van der Waals surface area contributed by atoms with Gasteiger partial charge in [-0.15, -0.1) is 0 Å². The maximum Gasteiger partial charge on any atom is 0.303 e. The number of carbonyl (C=O) groups is 2. The van der Waals surface area contributed by atoms with Crippen molar-refractivity contribution < 1.29 is 19.8 Å². The number of carboxylic acid groups (broad SMARTS) is 2. The van der Waals surface area contributed by atoms with Crippen molar-refractivity contribution in [3.63, 3.8) is 0 Å². The van der Waals surface area contributed by atoms with Gasteiger partial charge in [0.05, 0.1) is 13.6 Å². The molecule has 0 bridgehead atoms. The fraction of sp³-hybridized carbons (Fsp3) is 0.778. The van der Waals surface area contributed by atoms with Crippen LogP contribution in [0, 0.1) is 0 Å². The number of aliphatic carboxylic acids is 2. The van der Waals surface area contributed by atoms with Crippen molar-refractivity contribution in [3.8, 4) is 0 Å². The summed E-state index contributed by atoms with van der Waals surface area (Å²) in [6.45, 7) is 5.98. The minimum Gasteiger partial charge on any atom is -0.481 e. The van der Waals surface area contributed by atoms with E-state index in [4.69, 9.17) is 10.2 Å². The van der Waals surface area contributed by atoms with Gasteiger partial charge in [0.15, 0.2) is 0 Å². The zero-order chi connectivity index (χ0) is 11.4. The van der Waals surface area contributed by atoms with Gasteiger partial charge in [-0.1, -0.05) is 19.6 Å². The molecule has 0 saturated heterocycles. The molecule has 0 aliphatic heterocycles. The third-order valence-electron chi connectivity index (χ3n) is 2.23. The monoisotopic (exact) mass is 218 g/mol. The van der Waals surface area contributed by atoms with Crippen LogP contribution in [-0.4, -0.2) is 30.2 Å². The van der Waals surface area contributed by atoms with Crippen LogP contribution in [0.1, 0.15) is 19.3 Å². The van der Waals surface area contributed by atoms with Crippen LogP contribution < -0.4 is 0 Å². The SMILES string of the molecule is C[Si](C)(C)C(CCCC(=O)O)C(=O)O. The van der Waals surface area contributed by atoms with E-state index in [0.29, 0.717) is 12.8 Å². The van der Waals surface area contributed by atoms with E-state index in [0.717, 1.165) is 0 Å². The zero-order valence-corrected chi connectivity index (χ0v) is 9.91. The van der Waals surface area contributed by atoms with Crippen LogP contribution in [0.4, 0.5) is 0 Å². The molecule has 0 aliphatic carbocycles. The normalized spacial score (nSPS) is 13.6. The molecule has 0 amide bonds. The van der Waals surface area contributed by atoms with E-state index in [1.54, 1.807) is 0 Å². The smallest absolute Gasteiger partial charge is 0.303 e. The van der Waals surface area contributed by atoms with Gasteiger partial charge in [-0.05, 0) is 12.8 Å². The maximum absolute atomic E-state index is 10.9. The first kappa shape index (κ1) is 13.2. The Labute approximate surface area is 85.0 Å². The van der Waals surface area contributed by atoms with Crippen LogP contribution >= 0.6 is 0 Å². The molecule has 1 unspecified atom stereocenters. The predicted molar refractivity (Wildman–Crippen MR) is 56.2 cm³/mol. The largest absolute Gasteiger partial charge is 0.481 e. The fourth-order valence-corrected chi connectivity index (χ4v) is 3.20. The lowest BCUT2D eigenvalue weighted by molar-refractivity contribution is -0.139. The Morgan fingerprint density at radius 1 is 1.21 bits per heavy atom. The highest BCUT2D eigenvalue weighted by Gasteiger charge is 2.32. The Kier molecular flexibility index (Phi) is 4.83. The van der Waals surface area contributed by atoms with E-state index in [2.05, 4.69) is 0 Å². The lowest BCUT2D eigenvalue weighted by Gasteiger charge is -2.24. The molecule has 0 spiro atoms. The lowest BCUT2D eigenvalue weighted by Crippen LogP contribution is -2.33. The quantitative estimate of drug-likeness (QED) is 0.669. The van der Waals surface area contributed by atoms with Crippen LogP contribution in [0.3, 0.4) is 0 Å². The number of rotatable bonds is 6. The second kappa shape index (κ2) is 5.14. The predicted octanol–water partition coefficient (Wildman–Crippen LogP) is 2.03. The average Bonchev–Trinajstić information content (AvgIpc) is 1.94. The van der Waals surface area contributed by atoms with Crippen molar-refractivity contribution in [3.05, 3.63) is 0 Å². The molecular formula is C9H18O4Si. The van der Waals surface area contributed by atoms with E-state index in [1.165, 1.54) is 0 Å². The molecule has 0 aromatic heterocycles. The summed E-state index contributed by atoms with van der Waals surface area (Å²) < 4.78 is 0. The van der Waals surface area contributed by atoms with Gasteiger partial charge in [-0.3, -0.25) is 9.59 Å². The highest BCUT2D eigenvalue weighted by atomic mass is 28.3. The van der Waals surface area contributed by atoms with Gasteiger partial charge < -0.3 is 10.2 Å². The first-order chi connectivity index (χ1) is 6.25. The molecule has 0 aromatic rings. The summed E-state index contributed by atoms with van der Waals surface area (Å²) in [7, 11) is -1.71. The summed E-state index contributed by atoms with van der Waals surface area (Å²) >= 11 is 0. The van der Waals surface area contributed by atoms with Crippen molar-refractivity contribution in [2.75, 3.05) is 0 Å². The fourth-order valence-electron chi connectivity index (χ4n) is 1.38. The van der Waals surface area contributed by atoms with Gasteiger partial charge in [0.1, 0.15) is 0 Å². The third-order valence-corrected chi connectivity index (χ3v) is 4.85. The molecule has 1 atom stereocenters. The first-order valence-corrected chi connectivity index (χ1v) is 8.27. The van der Waals surface area contributed by atoms with Crippen molar-refractivity contribution in [2.45, 2.75) is 44.4 Å². The molecule has 0 saturated carbocycles. The summed E-state index contributed by atoms with van der Waals surface area (Å²) in [4.78, 5) is 21.2. The Morgan fingerprint density at radius 3 is 2.00 bits per heavy atom. The topological polar surface area (TPSA) is 74.6 Å². The first-order valence-electron chi connectivity index (χ1n) is 4.69. The Morgan fingerprint density at radius 2 is 1.71 bits per heavy atom. The van der Waals surface area contributed by atoms with Gasteiger partial charge in [0, 0.05) is 6.42 Å².